The van der Waals surface area contributed by atoms with Crippen molar-refractivity contribution in [1.29, 1.82) is 0 Å². The van der Waals surface area contributed by atoms with E-state index in [9.17, 15) is 14.7 Å². The van der Waals surface area contributed by atoms with E-state index in [2.05, 4.69) is 21.2 Å². The number of carboxylic acid groups (broad SMARTS) is 1. The summed E-state index contributed by atoms with van der Waals surface area (Å²) in [6.45, 7) is 4.18. The minimum absolute atomic E-state index is 0.166. The number of hydrogen-bond acceptors (Lipinski definition) is 2. The van der Waals surface area contributed by atoms with Crippen molar-refractivity contribution in [2.75, 3.05) is 6.54 Å². The molecule has 110 valence electrons. The summed E-state index contributed by atoms with van der Waals surface area (Å²) in [6, 6.07) is 1.92. The average Bonchev–Trinajstić information content (AvgIpc) is 2.69. The number of aliphatic carboxylic acids is 1. The number of halogens is 1. The molecule has 1 aliphatic rings. The quantitative estimate of drug-likeness (QED) is 0.864. The molecule has 0 unspecified atom stereocenters. The van der Waals surface area contributed by atoms with Crippen molar-refractivity contribution in [3.63, 3.8) is 0 Å². The number of aromatic nitrogens is 1. The van der Waals surface area contributed by atoms with Crippen LogP contribution in [0.15, 0.2) is 16.7 Å². The normalized spacial score (nSPS) is 16.8. The van der Waals surface area contributed by atoms with Crippen molar-refractivity contribution in [1.82, 2.24) is 9.88 Å². The van der Waals surface area contributed by atoms with E-state index >= 15 is 0 Å². The zero-order valence-electron chi connectivity index (χ0n) is 11.6. The van der Waals surface area contributed by atoms with Gasteiger partial charge in [-0.2, -0.15) is 0 Å². The van der Waals surface area contributed by atoms with Gasteiger partial charge in [-0.15, -0.1) is 0 Å². The Labute approximate surface area is 126 Å². The first-order chi connectivity index (χ1) is 9.35. The summed E-state index contributed by atoms with van der Waals surface area (Å²) in [7, 11) is 0. The van der Waals surface area contributed by atoms with Gasteiger partial charge in [0, 0.05) is 23.3 Å². The van der Waals surface area contributed by atoms with Gasteiger partial charge in [0.2, 0.25) is 0 Å². The van der Waals surface area contributed by atoms with Gasteiger partial charge < -0.3 is 15.0 Å². The first-order valence-electron chi connectivity index (χ1n) is 6.75. The first-order valence-corrected chi connectivity index (χ1v) is 7.54. The molecule has 2 rings (SSSR count). The summed E-state index contributed by atoms with van der Waals surface area (Å²) in [5, 5.41) is 12.0. The van der Waals surface area contributed by atoms with E-state index in [1.54, 1.807) is 6.07 Å². The van der Waals surface area contributed by atoms with Crippen molar-refractivity contribution >= 4 is 27.8 Å². The van der Waals surface area contributed by atoms with Gasteiger partial charge in [-0.3, -0.25) is 9.59 Å². The second-order valence-electron chi connectivity index (χ2n) is 5.67. The smallest absolute Gasteiger partial charge is 0.311 e. The molecule has 0 saturated heterocycles. The van der Waals surface area contributed by atoms with E-state index < -0.39 is 11.4 Å². The van der Waals surface area contributed by atoms with Gasteiger partial charge in [0.25, 0.3) is 5.91 Å². The second kappa shape index (κ2) is 5.60. The highest BCUT2D eigenvalue weighted by atomic mass is 79.9. The molecule has 0 aliphatic heterocycles. The minimum Gasteiger partial charge on any atom is -0.481 e. The van der Waals surface area contributed by atoms with E-state index in [4.69, 9.17) is 0 Å². The topological polar surface area (TPSA) is 71.3 Å². The number of carbonyl (C=O) groups excluding carboxylic acids is 1. The van der Waals surface area contributed by atoms with Crippen LogP contribution in [0.3, 0.4) is 0 Å². The van der Waals surface area contributed by atoms with Crippen molar-refractivity contribution in [2.45, 2.75) is 39.2 Å². The lowest BCUT2D eigenvalue weighted by Crippen LogP contribution is -2.47. The molecule has 1 saturated carbocycles. The summed E-state index contributed by atoms with van der Waals surface area (Å²) < 4.78 is 2.71. The molecule has 0 atom stereocenters. The van der Waals surface area contributed by atoms with Gasteiger partial charge in [0.05, 0.1) is 5.41 Å². The van der Waals surface area contributed by atoms with Crippen molar-refractivity contribution in [3.05, 3.63) is 22.4 Å². The molecule has 0 spiro atoms. The van der Waals surface area contributed by atoms with Gasteiger partial charge in [0.1, 0.15) is 5.69 Å². The van der Waals surface area contributed by atoms with Gasteiger partial charge in [-0.1, -0.05) is 6.42 Å². The number of amides is 1. The molecule has 0 bridgehead atoms. The van der Waals surface area contributed by atoms with Crippen LogP contribution in [0.2, 0.25) is 0 Å². The molecule has 1 aromatic heterocycles. The highest BCUT2D eigenvalue weighted by Crippen LogP contribution is 2.40. The Kier molecular flexibility index (Phi) is 4.22. The van der Waals surface area contributed by atoms with Crippen LogP contribution in [0.25, 0.3) is 0 Å². The lowest BCUT2D eigenvalue weighted by atomic mass is 9.69. The molecule has 1 fully saturated rings. The van der Waals surface area contributed by atoms with Crippen LogP contribution in [0.4, 0.5) is 0 Å². The Morgan fingerprint density at radius 3 is 2.60 bits per heavy atom. The summed E-state index contributed by atoms with van der Waals surface area (Å²) in [5.41, 5.74) is -0.214. The van der Waals surface area contributed by atoms with Crippen molar-refractivity contribution < 1.29 is 14.7 Å². The van der Waals surface area contributed by atoms with Gasteiger partial charge in [0.15, 0.2) is 0 Å². The fraction of sp³-hybridized carbons (Fsp3) is 0.571. The standard InChI is InChI=1S/C14H19BrN2O3/c1-9(2)17-7-10(15)6-11(17)12(18)16-8-14(13(19)20)4-3-5-14/h6-7,9H,3-5,8H2,1-2H3,(H,16,18)(H,19,20). The molecule has 20 heavy (non-hydrogen) atoms. The lowest BCUT2D eigenvalue weighted by Gasteiger charge is -2.37. The predicted octanol–water partition coefficient (Wildman–Crippen LogP) is 2.82. The number of nitrogens with one attached hydrogen (secondary N) is 1. The van der Waals surface area contributed by atoms with Crippen LogP contribution in [-0.2, 0) is 4.79 Å². The predicted molar refractivity (Wildman–Crippen MR) is 78.8 cm³/mol. The van der Waals surface area contributed by atoms with E-state index in [1.165, 1.54) is 0 Å². The van der Waals surface area contributed by atoms with E-state index in [-0.39, 0.29) is 18.5 Å². The van der Waals surface area contributed by atoms with Crippen LogP contribution in [0.5, 0.6) is 0 Å². The number of carbonyl (C=O) groups is 2. The Bertz CT molecular complexity index is 533. The SMILES string of the molecule is CC(C)n1cc(Br)cc1C(=O)NCC1(C(=O)O)CCC1. The van der Waals surface area contributed by atoms with Gasteiger partial charge in [-0.05, 0) is 48.7 Å². The Morgan fingerprint density at radius 1 is 1.50 bits per heavy atom. The largest absolute Gasteiger partial charge is 0.481 e. The molecule has 5 nitrogen and oxygen atoms in total. The highest BCUT2D eigenvalue weighted by Gasteiger charge is 2.44. The fourth-order valence-electron chi connectivity index (χ4n) is 2.46. The molecule has 6 heteroatoms. The maximum atomic E-state index is 12.2. The Morgan fingerprint density at radius 2 is 2.15 bits per heavy atom. The molecule has 1 aromatic rings. The summed E-state index contributed by atoms with van der Waals surface area (Å²) in [6.07, 6.45) is 4.04. The number of carboxylic acids is 1. The molecular weight excluding hydrogens is 324 g/mol. The molecule has 1 amide bonds. The van der Waals surface area contributed by atoms with E-state index in [0.717, 1.165) is 10.9 Å². The number of nitrogens with zero attached hydrogens (tertiary/aromatic N) is 1. The van der Waals surface area contributed by atoms with Gasteiger partial charge >= 0.3 is 5.97 Å². The maximum absolute atomic E-state index is 12.2. The van der Waals surface area contributed by atoms with Crippen molar-refractivity contribution in [2.24, 2.45) is 5.41 Å². The van der Waals surface area contributed by atoms with E-state index in [1.807, 2.05) is 24.6 Å². The molecule has 1 aliphatic carbocycles. The molecule has 1 heterocycles. The zero-order chi connectivity index (χ0) is 14.9. The molecule has 2 N–H and O–H groups in total. The number of rotatable bonds is 5. The van der Waals surface area contributed by atoms with E-state index in [0.29, 0.717) is 18.5 Å². The van der Waals surface area contributed by atoms with Crippen LogP contribution < -0.4 is 5.32 Å². The first kappa shape index (κ1) is 15.1. The molecule has 0 radical (unpaired) electrons. The third-order valence-corrected chi connectivity index (χ3v) is 4.39. The third kappa shape index (κ3) is 2.75. The second-order valence-corrected chi connectivity index (χ2v) is 6.58. The monoisotopic (exact) mass is 342 g/mol. The molecular formula is C14H19BrN2O3. The fourth-order valence-corrected chi connectivity index (χ4v) is 2.90. The average molecular weight is 343 g/mol. The lowest BCUT2D eigenvalue weighted by molar-refractivity contribution is -0.153. The summed E-state index contributed by atoms with van der Waals surface area (Å²) in [4.78, 5) is 23.5. The third-order valence-electron chi connectivity index (χ3n) is 3.96. The zero-order valence-corrected chi connectivity index (χ0v) is 13.2. The van der Waals surface area contributed by atoms with Crippen LogP contribution in [0, 0.1) is 5.41 Å². The molecule has 0 aromatic carbocycles. The highest BCUT2D eigenvalue weighted by molar-refractivity contribution is 9.10. The van der Waals surface area contributed by atoms with Crippen LogP contribution >= 0.6 is 15.9 Å². The minimum atomic E-state index is -0.815. The van der Waals surface area contributed by atoms with Crippen molar-refractivity contribution in [3.8, 4) is 0 Å². The van der Waals surface area contributed by atoms with Crippen LogP contribution in [-0.4, -0.2) is 28.1 Å². The maximum Gasteiger partial charge on any atom is 0.311 e. The summed E-state index contributed by atoms with van der Waals surface area (Å²) >= 11 is 3.36. The Balaban J connectivity index is 2.07. The van der Waals surface area contributed by atoms with Crippen LogP contribution in [0.1, 0.15) is 49.6 Å². The number of hydrogen-bond donors (Lipinski definition) is 2. The summed E-state index contributed by atoms with van der Waals surface area (Å²) in [5.74, 6) is -1.04. The Hall–Kier alpha value is -1.30. The van der Waals surface area contributed by atoms with Gasteiger partial charge in [-0.25, -0.2) is 0 Å².